The summed E-state index contributed by atoms with van der Waals surface area (Å²) in [4.78, 5) is 2.22. The maximum Gasteiger partial charge on any atom is 0.135 e. The highest BCUT2D eigenvalue weighted by atomic mass is 16.5. The topological polar surface area (TPSA) is 12.5 Å². The Labute approximate surface area is 133 Å². The van der Waals surface area contributed by atoms with Crippen LogP contribution in [-0.2, 0) is 0 Å². The number of ether oxygens (including phenoxy) is 1. The monoisotopic (exact) mass is 293 g/mol. The van der Waals surface area contributed by atoms with Gasteiger partial charge in [-0.25, -0.2) is 0 Å². The van der Waals surface area contributed by atoms with Gasteiger partial charge in [0, 0.05) is 23.6 Å². The second-order valence-corrected chi connectivity index (χ2v) is 6.06. The molecule has 1 aliphatic rings. The molecule has 0 saturated heterocycles. The smallest absolute Gasteiger partial charge is 0.135 e. The molecule has 114 valence electrons. The Morgan fingerprint density at radius 2 is 1.64 bits per heavy atom. The summed E-state index contributed by atoms with van der Waals surface area (Å²) >= 11 is 0. The summed E-state index contributed by atoms with van der Waals surface area (Å²) in [7, 11) is 4.23. The van der Waals surface area contributed by atoms with Crippen LogP contribution in [0.4, 0.5) is 0 Å². The number of para-hydroxylation sites is 1. The predicted molar refractivity (Wildman–Crippen MR) is 92.0 cm³/mol. The van der Waals surface area contributed by atoms with Crippen LogP contribution in [0.15, 0.2) is 60.2 Å². The third kappa shape index (κ3) is 2.79. The van der Waals surface area contributed by atoms with E-state index < -0.39 is 0 Å². The van der Waals surface area contributed by atoms with E-state index in [2.05, 4.69) is 68.4 Å². The van der Waals surface area contributed by atoms with Gasteiger partial charge in [-0.3, -0.25) is 0 Å². The second-order valence-electron chi connectivity index (χ2n) is 6.06. The van der Waals surface area contributed by atoms with Crippen molar-refractivity contribution < 1.29 is 4.74 Å². The number of hydrogen-bond donors (Lipinski definition) is 0. The molecule has 22 heavy (non-hydrogen) atoms. The number of benzene rings is 2. The number of fused-ring (bicyclic) bond motifs is 1. The van der Waals surface area contributed by atoms with Crippen molar-refractivity contribution in [1.82, 2.24) is 4.90 Å². The molecule has 2 aromatic carbocycles. The van der Waals surface area contributed by atoms with Gasteiger partial charge in [-0.2, -0.15) is 0 Å². The standard InChI is InChI=1S/C20H23NO/c1-4-16-17-12-8-9-13-19(17)22-20(18(16)14-21(2)3)15-10-6-5-7-11-15/h5-13,16H,4,14H2,1-3H3. The molecule has 0 radical (unpaired) electrons. The third-order valence-corrected chi connectivity index (χ3v) is 4.15. The molecular formula is C20H23NO. The van der Waals surface area contributed by atoms with Crippen molar-refractivity contribution in [2.45, 2.75) is 19.3 Å². The van der Waals surface area contributed by atoms with Gasteiger partial charge in [-0.15, -0.1) is 0 Å². The molecule has 1 aliphatic heterocycles. The largest absolute Gasteiger partial charge is 0.456 e. The van der Waals surface area contributed by atoms with Crippen LogP contribution < -0.4 is 4.74 Å². The molecule has 1 unspecified atom stereocenters. The quantitative estimate of drug-likeness (QED) is 0.820. The highest BCUT2D eigenvalue weighted by molar-refractivity contribution is 5.70. The van der Waals surface area contributed by atoms with Crippen molar-refractivity contribution >= 4 is 5.76 Å². The lowest BCUT2D eigenvalue weighted by atomic mass is 9.84. The molecule has 2 aromatic rings. The van der Waals surface area contributed by atoms with Gasteiger partial charge in [-0.05, 0) is 32.2 Å². The van der Waals surface area contributed by atoms with Crippen LogP contribution in [0.1, 0.15) is 30.4 Å². The molecule has 0 bridgehead atoms. The van der Waals surface area contributed by atoms with Crippen LogP contribution in [0.5, 0.6) is 5.75 Å². The van der Waals surface area contributed by atoms with Crippen molar-refractivity contribution in [2.75, 3.05) is 20.6 Å². The average Bonchev–Trinajstić information content (AvgIpc) is 2.54. The summed E-state index contributed by atoms with van der Waals surface area (Å²) in [5.74, 6) is 2.44. The molecule has 0 aromatic heterocycles. The molecule has 2 heteroatoms. The zero-order valence-corrected chi connectivity index (χ0v) is 13.5. The summed E-state index contributed by atoms with van der Waals surface area (Å²) in [5.41, 5.74) is 3.84. The van der Waals surface area contributed by atoms with Crippen molar-refractivity contribution in [2.24, 2.45) is 0 Å². The van der Waals surface area contributed by atoms with E-state index in [9.17, 15) is 0 Å². The molecule has 1 atom stereocenters. The number of hydrogen-bond acceptors (Lipinski definition) is 2. The van der Waals surface area contributed by atoms with Crippen molar-refractivity contribution in [1.29, 1.82) is 0 Å². The summed E-state index contributed by atoms with van der Waals surface area (Å²) in [6.45, 7) is 3.17. The van der Waals surface area contributed by atoms with E-state index in [1.807, 2.05) is 12.1 Å². The van der Waals surface area contributed by atoms with Crippen LogP contribution >= 0.6 is 0 Å². The Bertz CT molecular complexity index is 673. The highest BCUT2D eigenvalue weighted by Crippen LogP contribution is 2.43. The van der Waals surface area contributed by atoms with Crippen LogP contribution in [0.2, 0.25) is 0 Å². The predicted octanol–water partition coefficient (Wildman–Crippen LogP) is 4.55. The van der Waals surface area contributed by atoms with E-state index in [-0.39, 0.29) is 0 Å². The zero-order chi connectivity index (χ0) is 15.5. The van der Waals surface area contributed by atoms with E-state index >= 15 is 0 Å². The zero-order valence-electron chi connectivity index (χ0n) is 13.5. The fourth-order valence-corrected chi connectivity index (χ4v) is 3.21. The lowest BCUT2D eigenvalue weighted by Crippen LogP contribution is -2.24. The fourth-order valence-electron chi connectivity index (χ4n) is 3.21. The van der Waals surface area contributed by atoms with Gasteiger partial charge in [0.25, 0.3) is 0 Å². The molecule has 0 fully saturated rings. The van der Waals surface area contributed by atoms with Crippen LogP contribution in [0.25, 0.3) is 5.76 Å². The minimum atomic E-state index is 0.419. The highest BCUT2D eigenvalue weighted by Gasteiger charge is 2.29. The molecule has 2 nitrogen and oxygen atoms in total. The van der Waals surface area contributed by atoms with Crippen LogP contribution in [-0.4, -0.2) is 25.5 Å². The molecule has 0 spiro atoms. The maximum atomic E-state index is 6.32. The molecule has 0 N–H and O–H groups in total. The Balaban J connectivity index is 2.14. The number of likely N-dealkylation sites (N-methyl/N-ethyl adjacent to an activating group) is 1. The van der Waals surface area contributed by atoms with Gasteiger partial charge < -0.3 is 9.64 Å². The molecule has 0 saturated carbocycles. The first-order chi connectivity index (χ1) is 10.7. The van der Waals surface area contributed by atoms with E-state index in [0.29, 0.717) is 5.92 Å². The summed E-state index contributed by atoms with van der Waals surface area (Å²) < 4.78 is 6.32. The number of nitrogens with zero attached hydrogens (tertiary/aromatic N) is 1. The van der Waals surface area contributed by atoms with Gasteiger partial charge in [0.1, 0.15) is 11.5 Å². The SMILES string of the molecule is CCC1C(CN(C)C)=C(c2ccccc2)Oc2ccccc21. The summed E-state index contributed by atoms with van der Waals surface area (Å²) in [6.07, 6.45) is 1.08. The van der Waals surface area contributed by atoms with Crippen molar-refractivity contribution in [3.63, 3.8) is 0 Å². The lowest BCUT2D eigenvalue weighted by Gasteiger charge is -2.32. The minimum absolute atomic E-state index is 0.419. The first-order valence-electron chi connectivity index (χ1n) is 7.90. The van der Waals surface area contributed by atoms with Gasteiger partial charge in [-0.1, -0.05) is 55.5 Å². The molecule has 1 heterocycles. The van der Waals surface area contributed by atoms with E-state index in [1.54, 1.807) is 0 Å². The Morgan fingerprint density at radius 1 is 0.955 bits per heavy atom. The van der Waals surface area contributed by atoms with Gasteiger partial charge in [0.2, 0.25) is 0 Å². The van der Waals surface area contributed by atoms with Crippen molar-refractivity contribution in [3.05, 3.63) is 71.3 Å². The molecule has 0 aliphatic carbocycles. The Morgan fingerprint density at radius 3 is 2.32 bits per heavy atom. The molecule has 0 amide bonds. The molecular weight excluding hydrogens is 270 g/mol. The van der Waals surface area contributed by atoms with Crippen LogP contribution in [0, 0.1) is 0 Å². The Hall–Kier alpha value is -2.06. The van der Waals surface area contributed by atoms with Gasteiger partial charge in [0.15, 0.2) is 0 Å². The van der Waals surface area contributed by atoms with Gasteiger partial charge in [0.05, 0.1) is 0 Å². The van der Waals surface area contributed by atoms with Crippen LogP contribution in [0.3, 0.4) is 0 Å². The fraction of sp³-hybridized carbons (Fsp3) is 0.300. The number of rotatable bonds is 4. The first kappa shape index (κ1) is 14.9. The van der Waals surface area contributed by atoms with E-state index in [1.165, 1.54) is 11.1 Å². The lowest BCUT2D eigenvalue weighted by molar-refractivity contribution is 0.405. The Kier molecular flexibility index (Phi) is 4.30. The first-order valence-corrected chi connectivity index (χ1v) is 7.90. The third-order valence-electron chi connectivity index (χ3n) is 4.15. The van der Waals surface area contributed by atoms with E-state index in [4.69, 9.17) is 4.74 Å². The van der Waals surface area contributed by atoms with Crippen molar-refractivity contribution in [3.8, 4) is 5.75 Å². The average molecular weight is 293 g/mol. The minimum Gasteiger partial charge on any atom is -0.456 e. The summed E-state index contributed by atoms with van der Waals surface area (Å²) in [5, 5.41) is 0. The summed E-state index contributed by atoms with van der Waals surface area (Å²) in [6, 6.07) is 18.9. The van der Waals surface area contributed by atoms with Gasteiger partial charge >= 0.3 is 0 Å². The molecule has 3 rings (SSSR count). The van der Waals surface area contributed by atoms with E-state index in [0.717, 1.165) is 30.0 Å². The maximum absolute atomic E-state index is 6.32. The normalized spacial score (nSPS) is 17.4. The second kappa shape index (κ2) is 6.37.